The largest absolute Gasteiger partial charge is 0.301 e. The molecule has 0 saturated heterocycles. The van der Waals surface area contributed by atoms with Crippen molar-refractivity contribution in [2.24, 2.45) is 5.92 Å². The van der Waals surface area contributed by atoms with Gasteiger partial charge in [-0.2, -0.15) is 0 Å². The Balaban J connectivity index is 1.91. The Morgan fingerprint density at radius 1 is 0.606 bits per heavy atom. The normalized spacial score (nSPS) is 16.3. The fraction of sp³-hybridized carbons (Fsp3) is 0.484. The second-order valence-corrected chi connectivity index (χ2v) is 11.1. The summed E-state index contributed by atoms with van der Waals surface area (Å²) in [4.78, 5) is 4.98. The predicted molar refractivity (Wildman–Crippen MR) is 144 cm³/mol. The number of anilines is 2. The SMILES string of the molecule is CC(C)c1cccc(C(C)C)c1N1C=CN(c2c(C(C)C)cccc2C(C)C)C1=CC1CC1. The Hall–Kier alpha value is -2.48. The van der Waals surface area contributed by atoms with Crippen molar-refractivity contribution in [2.45, 2.75) is 91.9 Å². The van der Waals surface area contributed by atoms with E-state index in [9.17, 15) is 0 Å². The average Bonchev–Trinajstić information content (AvgIpc) is 3.50. The summed E-state index contributed by atoms with van der Waals surface area (Å²) in [5.41, 5.74) is 8.46. The Kier molecular flexibility index (Phi) is 6.75. The van der Waals surface area contributed by atoms with Gasteiger partial charge in [-0.1, -0.05) is 91.8 Å². The molecule has 1 aliphatic heterocycles. The molecular weight excluding hydrogens is 400 g/mol. The first-order valence-electron chi connectivity index (χ1n) is 12.9. The number of allylic oxidation sites excluding steroid dienone is 1. The van der Waals surface area contributed by atoms with Crippen LogP contribution in [0.4, 0.5) is 11.4 Å². The highest BCUT2D eigenvalue weighted by Gasteiger charge is 2.32. The second kappa shape index (κ2) is 9.41. The minimum Gasteiger partial charge on any atom is -0.301 e. The third-order valence-electron chi connectivity index (χ3n) is 7.03. The van der Waals surface area contributed by atoms with Crippen LogP contribution in [0.25, 0.3) is 0 Å². The number of hydrogen-bond donors (Lipinski definition) is 0. The molecule has 2 heteroatoms. The summed E-state index contributed by atoms with van der Waals surface area (Å²) in [5.74, 6) is 3.87. The van der Waals surface area contributed by atoms with E-state index >= 15 is 0 Å². The van der Waals surface area contributed by atoms with Gasteiger partial charge in [-0.3, -0.25) is 0 Å². The zero-order valence-corrected chi connectivity index (χ0v) is 21.9. The summed E-state index contributed by atoms with van der Waals surface area (Å²) in [6, 6.07) is 13.7. The van der Waals surface area contributed by atoms with Crippen LogP contribution in [0.3, 0.4) is 0 Å². The Bertz CT molecular complexity index is 923. The molecule has 0 aromatic heterocycles. The third-order valence-corrected chi connectivity index (χ3v) is 7.03. The lowest BCUT2D eigenvalue weighted by atomic mass is 9.91. The van der Waals surface area contributed by atoms with Crippen molar-refractivity contribution in [3.8, 4) is 0 Å². The summed E-state index contributed by atoms with van der Waals surface area (Å²) in [7, 11) is 0. The number of nitrogens with zero attached hydrogens (tertiary/aromatic N) is 2. The number of para-hydroxylation sites is 2. The molecule has 2 aromatic rings. The van der Waals surface area contributed by atoms with Crippen LogP contribution in [0.5, 0.6) is 0 Å². The van der Waals surface area contributed by atoms with Gasteiger partial charge in [0.15, 0.2) is 0 Å². The summed E-state index contributed by atoms with van der Waals surface area (Å²) in [5, 5.41) is 0. The van der Waals surface area contributed by atoms with Gasteiger partial charge in [-0.25, -0.2) is 0 Å². The van der Waals surface area contributed by atoms with Gasteiger partial charge < -0.3 is 9.80 Å². The first-order chi connectivity index (χ1) is 15.7. The zero-order chi connectivity index (χ0) is 23.9. The van der Waals surface area contributed by atoms with Crippen molar-refractivity contribution in [3.05, 3.63) is 82.9 Å². The molecule has 0 radical (unpaired) electrons. The van der Waals surface area contributed by atoms with Gasteiger partial charge in [-0.15, -0.1) is 0 Å². The molecule has 2 nitrogen and oxygen atoms in total. The van der Waals surface area contributed by atoms with Crippen molar-refractivity contribution in [1.29, 1.82) is 0 Å². The molecule has 0 amide bonds. The first-order valence-corrected chi connectivity index (χ1v) is 12.9. The van der Waals surface area contributed by atoms with Gasteiger partial charge in [0.05, 0.1) is 11.4 Å². The Morgan fingerprint density at radius 2 is 0.939 bits per heavy atom. The highest BCUT2D eigenvalue weighted by Crippen LogP contribution is 2.46. The van der Waals surface area contributed by atoms with E-state index in [-0.39, 0.29) is 0 Å². The smallest absolute Gasteiger partial charge is 0.118 e. The van der Waals surface area contributed by atoms with Crippen molar-refractivity contribution in [1.82, 2.24) is 0 Å². The molecule has 1 saturated carbocycles. The lowest BCUT2D eigenvalue weighted by Gasteiger charge is -2.33. The van der Waals surface area contributed by atoms with E-state index in [1.807, 2.05) is 0 Å². The molecule has 0 bridgehead atoms. The summed E-state index contributed by atoms with van der Waals surface area (Å²) < 4.78 is 0. The molecule has 2 aliphatic rings. The van der Waals surface area contributed by atoms with Crippen LogP contribution in [0, 0.1) is 5.92 Å². The molecule has 33 heavy (non-hydrogen) atoms. The van der Waals surface area contributed by atoms with Crippen LogP contribution < -0.4 is 9.80 Å². The molecule has 0 atom stereocenters. The summed E-state index contributed by atoms with van der Waals surface area (Å²) >= 11 is 0. The van der Waals surface area contributed by atoms with E-state index in [2.05, 4.69) is 120 Å². The fourth-order valence-electron chi connectivity index (χ4n) is 4.99. The molecular formula is C31H42N2. The standard InChI is InChI=1S/C31H42N2/c1-20(2)25-11-9-12-26(21(3)4)30(25)32-17-18-33(29(32)19-24-15-16-24)31-27(22(5)6)13-10-14-28(31)23(7)8/h9-14,17-24H,15-16H2,1-8H3. The first kappa shape index (κ1) is 23.7. The summed E-state index contributed by atoms with van der Waals surface area (Å²) in [6.45, 7) is 18.5. The molecule has 0 unspecified atom stereocenters. The number of benzene rings is 2. The Labute approximate surface area is 202 Å². The van der Waals surface area contributed by atoms with E-state index in [4.69, 9.17) is 0 Å². The lowest BCUT2D eigenvalue weighted by molar-refractivity contribution is 0.818. The van der Waals surface area contributed by atoms with E-state index in [0.717, 1.165) is 0 Å². The molecule has 176 valence electrons. The molecule has 1 aliphatic carbocycles. The van der Waals surface area contributed by atoms with E-state index < -0.39 is 0 Å². The maximum absolute atomic E-state index is 2.53. The highest BCUT2D eigenvalue weighted by molar-refractivity contribution is 5.77. The third kappa shape index (κ3) is 4.63. The lowest BCUT2D eigenvalue weighted by Crippen LogP contribution is -2.26. The van der Waals surface area contributed by atoms with Gasteiger partial charge in [0, 0.05) is 12.4 Å². The van der Waals surface area contributed by atoms with Gasteiger partial charge in [0.25, 0.3) is 0 Å². The molecule has 0 N–H and O–H groups in total. The van der Waals surface area contributed by atoms with Gasteiger partial charge >= 0.3 is 0 Å². The molecule has 0 spiro atoms. The second-order valence-electron chi connectivity index (χ2n) is 11.1. The van der Waals surface area contributed by atoms with Crippen LogP contribution >= 0.6 is 0 Å². The van der Waals surface area contributed by atoms with Crippen molar-refractivity contribution in [3.63, 3.8) is 0 Å². The monoisotopic (exact) mass is 442 g/mol. The van der Waals surface area contributed by atoms with Gasteiger partial charge in [0.1, 0.15) is 5.82 Å². The van der Waals surface area contributed by atoms with Crippen LogP contribution in [0.15, 0.2) is 60.7 Å². The summed E-state index contributed by atoms with van der Waals surface area (Å²) in [6.07, 6.45) is 9.75. The average molecular weight is 443 g/mol. The van der Waals surface area contributed by atoms with Crippen LogP contribution in [-0.2, 0) is 0 Å². The predicted octanol–water partition coefficient (Wildman–Crippen LogP) is 9.23. The fourth-order valence-corrected chi connectivity index (χ4v) is 4.99. The van der Waals surface area contributed by atoms with E-state index in [1.165, 1.54) is 52.3 Å². The van der Waals surface area contributed by atoms with Crippen LogP contribution in [-0.4, -0.2) is 0 Å². The zero-order valence-electron chi connectivity index (χ0n) is 21.9. The van der Waals surface area contributed by atoms with E-state index in [0.29, 0.717) is 29.6 Å². The number of hydrogen-bond acceptors (Lipinski definition) is 2. The van der Waals surface area contributed by atoms with Crippen molar-refractivity contribution in [2.75, 3.05) is 9.80 Å². The van der Waals surface area contributed by atoms with Crippen LogP contribution in [0.2, 0.25) is 0 Å². The highest BCUT2D eigenvalue weighted by atomic mass is 15.4. The minimum atomic E-state index is 0.470. The van der Waals surface area contributed by atoms with Gasteiger partial charge in [0.2, 0.25) is 0 Å². The molecule has 2 aromatic carbocycles. The van der Waals surface area contributed by atoms with Crippen molar-refractivity contribution >= 4 is 11.4 Å². The number of rotatable bonds is 7. The van der Waals surface area contributed by atoms with E-state index in [1.54, 1.807) is 0 Å². The molecule has 4 rings (SSSR count). The Morgan fingerprint density at radius 3 is 1.21 bits per heavy atom. The molecule has 1 heterocycles. The topological polar surface area (TPSA) is 6.48 Å². The maximum Gasteiger partial charge on any atom is 0.118 e. The maximum atomic E-state index is 2.53. The molecule has 1 fully saturated rings. The van der Waals surface area contributed by atoms with Crippen LogP contribution in [0.1, 0.15) is 114 Å². The minimum absolute atomic E-state index is 0.470. The quantitative estimate of drug-likeness (QED) is 0.421. The van der Waals surface area contributed by atoms with Crippen molar-refractivity contribution < 1.29 is 0 Å². The van der Waals surface area contributed by atoms with Gasteiger partial charge in [-0.05, 0) is 70.8 Å².